The molecule has 2 N–H and O–H groups in total. The second-order valence-electron chi connectivity index (χ2n) is 7.80. The zero-order chi connectivity index (χ0) is 20.1. The highest BCUT2D eigenvalue weighted by Gasteiger charge is 2.47. The Hall–Kier alpha value is -1.60. The van der Waals surface area contributed by atoms with E-state index in [-0.39, 0.29) is 23.1 Å². The minimum absolute atomic E-state index is 0.0360. The lowest BCUT2D eigenvalue weighted by Gasteiger charge is -2.41. The fraction of sp³-hybridized carbons (Fsp3) is 0.500. The van der Waals surface area contributed by atoms with E-state index in [2.05, 4.69) is 9.88 Å². The van der Waals surface area contributed by atoms with Gasteiger partial charge in [0.15, 0.2) is 0 Å². The van der Waals surface area contributed by atoms with E-state index in [0.29, 0.717) is 34.0 Å². The summed E-state index contributed by atoms with van der Waals surface area (Å²) in [6.07, 6.45) is 1.96. The first-order chi connectivity index (χ1) is 13.3. The number of hydrogen-bond donors (Lipinski definition) is 1. The molecule has 2 atom stereocenters. The normalized spacial score (nSPS) is 24.1. The van der Waals surface area contributed by atoms with Gasteiger partial charge in [0.1, 0.15) is 11.6 Å². The zero-order valence-electron chi connectivity index (χ0n) is 16.0. The molecule has 150 valence electrons. The lowest BCUT2D eigenvalue weighted by atomic mass is 9.73. The second-order valence-corrected chi connectivity index (χ2v) is 8.58. The van der Waals surface area contributed by atoms with E-state index in [1.54, 1.807) is 31.2 Å². The standard InChI is InChI=1S/C20H24Cl2N4O2/c1-12-19(23)20(11-28-12)6-8-25(9-7-20)16-10-17(27)26(13(2)24-16)15-5-3-4-14(21)18(15)22/h3-5,10,12,19H,6-9,11,23H2,1-2H3/t12-,19+/m1/s1. The Kier molecular flexibility index (Phi) is 5.16. The van der Waals surface area contributed by atoms with E-state index >= 15 is 0 Å². The number of piperidine rings is 1. The van der Waals surface area contributed by atoms with Crippen molar-refractivity contribution < 1.29 is 4.74 Å². The number of anilines is 1. The van der Waals surface area contributed by atoms with Crippen LogP contribution in [0.2, 0.25) is 10.0 Å². The van der Waals surface area contributed by atoms with Gasteiger partial charge in [-0.25, -0.2) is 4.98 Å². The smallest absolute Gasteiger partial charge is 0.260 e. The topological polar surface area (TPSA) is 73.4 Å². The predicted octanol–water partition coefficient (Wildman–Crippen LogP) is 3.18. The summed E-state index contributed by atoms with van der Waals surface area (Å²) >= 11 is 12.4. The van der Waals surface area contributed by atoms with Crippen LogP contribution in [-0.2, 0) is 4.74 Å². The predicted molar refractivity (Wildman–Crippen MR) is 112 cm³/mol. The monoisotopic (exact) mass is 422 g/mol. The molecule has 0 aliphatic carbocycles. The van der Waals surface area contributed by atoms with E-state index in [4.69, 9.17) is 33.7 Å². The molecule has 2 aliphatic rings. The number of aryl methyl sites for hydroxylation is 1. The highest BCUT2D eigenvalue weighted by molar-refractivity contribution is 6.43. The first-order valence-corrected chi connectivity index (χ1v) is 10.3. The minimum atomic E-state index is -0.179. The lowest BCUT2D eigenvalue weighted by Crippen LogP contribution is -2.51. The van der Waals surface area contributed by atoms with Crippen LogP contribution < -0.4 is 16.2 Å². The van der Waals surface area contributed by atoms with Gasteiger partial charge in [0, 0.05) is 30.6 Å². The SMILES string of the molecule is Cc1nc(N2CCC3(CC2)CO[C@H](C)[C@@H]3N)cc(=O)n1-c1cccc(Cl)c1Cl. The van der Waals surface area contributed by atoms with E-state index in [0.717, 1.165) is 25.9 Å². The average Bonchev–Trinajstić information content (AvgIpc) is 2.94. The Morgan fingerprint density at radius 1 is 1.29 bits per heavy atom. The molecule has 1 aromatic heterocycles. The molecule has 0 bridgehead atoms. The van der Waals surface area contributed by atoms with Crippen LogP contribution in [0, 0.1) is 12.3 Å². The molecule has 6 nitrogen and oxygen atoms in total. The van der Waals surface area contributed by atoms with Gasteiger partial charge in [-0.05, 0) is 38.8 Å². The van der Waals surface area contributed by atoms with Gasteiger partial charge in [-0.1, -0.05) is 29.3 Å². The highest BCUT2D eigenvalue weighted by atomic mass is 35.5. The van der Waals surface area contributed by atoms with Crippen molar-refractivity contribution >= 4 is 29.0 Å². The molecular weight excluding hydrogens is 399 g/mol. The fourth-order valence-corrected chi connectivity index (χ4v) is 4.74. The fourth-order valence-electron chi connectivity index (χ4n) is 4.36. The van der Waals surface area contributed by atoms with Crippen molar-refractivity contribution in [3.8, 4) is 5.69 Å². The lowest BCUT2D eigenvalue weighted by molar-refractivity contribution is 0.0974. The van der Waals surface area contributed by atoms with Crippen molar-refractivity contribution in [2.24, 2.45) is 11.1 Å². The Balaban J connectivity index is 1.60. The first kappa shape index (κ1) is 19.7. The van der Waals surface area contributed by atoms with Crippen LogP contribution in [0.5, 0.6) is 0 Å². The van der Waals surface area contributed by atoms with Crippen LogP contribution >= 0.6 is 23.2 Å². The summed E-state index contributed by atoms with van der Waals surface area (Å²) in [5.41, 5.74) is 6.79. The van der Waals surface area contributed by atoms with Gasteiger partial charge in [-0.15, -0.1) is 0 Å². The Labute approximate surface area is 174 Å². The maximum absolute atomic E-state index is 12.9. The summed E-state index contributed by atoms with van der Waals surface area (Å²) < 4.78 is 7.28. The van der Waals surface area contributed by atoms with Gasteiger partial charge in [0.2, 0.25) is 0 Å². The molecule has 0 unspecified atom stereocenters. The first-order valence-electron chi connectivity index (χ1n) is 9.50. The van der Waals surface area contributed by atoms with E-state index in [1.807, 2.05) is 6.92 Å². The molecule has 4 rings (SSSR count). The molecule has 1 spiro atoms. The molecule has 3 heterocycles. The molecule has 28 heavy (non-hydrogen) atoms. The number of nitrogens with two attached hydrogens (primary N) is 1. The molecular formula is C20H24Cl2N4O2. The van der Waals surface area contributed by atoms with Gasteiger partial charge in [-0.2, -0.15) is 0 Å². The van der Waals surface area contributed by atoms with Crippen molar-refractivity contribution in [3.63, 3.8) is 0 Å². The molecule has 2 fully saturated rings. The third-order valence-electron chi connectivity index (χ3n) is 6.17. The van der Waals surface area contributed by atoms with Gasteiger partial charge < -0.3 is 15.4 Å². The van der Waals surface area contributed by atoms with Crippen LogP contribution in [0.4, 0.5) is 5.82 Å². The van der Waals surface area contributed by atoms with Crippen molar-refractivity contribution in [1.82, 2.24) is 9.55 Å². The Morgan fingerprint density at radius 2 is 2.00 bits per heavy atom. The van der Waals surface area contributed by atoms with Gasteiger partial charge in [0.25, 0.3) is 5.56 Å². The van der Waals surface area contributed by atoms with Crippen molar-refractivity contribution in [2.75, 3.05) is 24.6 Å². The average molecular weight is 423 g/mol. The second kappa shape index (κ2) is 7.34. The van der Waals surface area contributed by atoms with Crippen molar-refractivity contribution in [3.05, 3.63) is 50.5 Å². The summed E-state index contributed by atoms with van der Waals surface area (Å²) in [6, 6.07) is 6.84. The molecule has 0 radical (unpaired) electrons. The highest BCUT2D eigenvalue weighted by Crippen LogP contribution is 2.41. The van der Waals surface area contributed by atoms with Crippen molar-refractivity contribution in [2.45, 2.75) is 38.8 Å². The Morgan fingerprint density at radius 3 is 2.61 bits per heavy atom. The largest absolute Gasteiger partial charge is 0.376 e. The molecule has 1 aromatic carbocycles. The van der Waals surface area contributed by atoms with Crippen LogP contribution in [0.1, 0.15) is 25.6 Å². The van der Waals surface area contributed by atoms with Gasteiger partial charge >= 0.3 is 0 Å². The maximum atomic E-state index is 12.9. The number of ether oxygens (including phenoxy) is 1. The third-order valence-corrected chi connectivity index (χ3v) is 6.98. The number of nitrogens with zero attached hydrogens (tertiary/aromatic N) is 3. The van der Waals surface area contributed by atoms with Crippen LogP contribution in [0.15, 0.2) is 29.1 Å². The van der Waals surface area contributed by atoms with Crippen molar-refractivity contribution in [1.29, 1.82) is 0 Å². The van der Waals surface area contributed by atoms with E-state index in [9.17, 15) is 4.79 Å². The van der Waals surface area contributed by atoms with Gasteiger partial charge in [0.05, 0.1) is 28.4 Å². The van der Waals surface area contributed by atoms with Crippen LogP contribution in [0.25, 0.3) is 5.69 Å². The minimum Gasteiger partial charge on any atom is -0.376 e. The number of halogens is 2. The van der Waals surface area contributed by atoms with Gasteiger partial charge in [-0.3, -0.25) is 9.36 Å². The number of hydrogen-bond acceptors (Lipinski definition) is 5. The summed E-state index contributed by atoms with van der Waals surface area (Å²) in [4.78, 5) is 19.7. The van der Waals surface area contributed by atoms with E-state index in [1.165, 1.54) is 4.57 Å². The van der Waals surface area contributed by atoms with Crippen LogP contribution in [-0.4, -0.2) is 41.4 Å². The molecule has 2 aromatic rings. The number of rotatable bonds is 2. The number of aromatic nitrogens is 2. The third kappa shape index (κ3) is 3.22. The quantitative estimate of drug-likeness (QED) is 0.804. The molecule has 0 amide bonds. The summed E-state index contributed by atoms with van der Waals surface area (Å²) in [5.74, 6) is 1.26. The van der Waals surface area contributed by atoms with E-state index < -0.39 is 0 Å². The maximum Gasteiger partial charge on any atom is 0.260 e. The Bertz CT molecular complexity index is 954. The molecule has 2 aliphatic heterocycles. The summed E-state index contributed by atoms with van der Waals surface area (Å²) in [5, 5.41) is 0.744. The summed E-state index contributed by atoms with van der Waals surface area (Å²) in [6.45, 7) is 6.16. The van der Waals surface area contributed by atoms with Crippen LogP contribution in [0.3, 0.4) is 0 Å². The molecule has 8 heteroatoms. The molecule has 2 saturated heterocycles. The molecule has 0 saturated carbocycles. The zero-order valence-corrected chi connectivity index (χ0v) is 17.5. The number of benzene rings is 1. The summed E-state index contributed by atoms with van der Waals surface area (Å²) in [7, 11) is 0.